The monoisotopic (exact) mass is 268 g/mol. The highest BCUT2D eigenvalue weighted by Gasteiger charge is 2.10. The Balaban J connectivity index is 3.28. The van der Waals surface area contributed by atoms with Crippen molar-refractivity contribution in [3.05, 3.63) is 32.2 Å². The Morgan fingerprint density at radius 3 is 2.50 bits per heavy atom. The summed E-state index contributed by atoms with van der Waals surface area (Å²) < 4.78 is 0.701. The van der Waals surface area contributed by atoms with Gasteiger partial charge in [0.15, 0.2) is 0 Å². The van der Waals surface area contributed by atoms with Crippen molar-refractivity contribution in [3.8, 4) is 0 Å². The normalized spacial score (nSPS) is 13.1. The molecule has 1 unspecified atom stereocenters. The summed E-state index contributed by atoms with van der Waals surface area (Å²) in [4.78, 5) is 0. The second-order valence-corrected chi connectivity index (χ2v) is 4.14. The number of hydrogen-bond acceptors (Lipinski definition) is 1. The van der Waals surface area contributed by atoms with Crippen LogP contribution < -0.4 is 0 Å². The van der Waals surface area contributed by atoms with Crippen molar-refractivity contribution in [2.75, 3.05) is 0 Å². The van der Waals surface area contributed by atoms with Crippen molar-refractivity contribution in [1.82, 2.24) is 0 Å². The Morgan fingerprint density at radius 1 is 1.42 bits per heavy atom. The molecule has 1 aromatic rings. The maximum atomic E-state index is 9.29. The van der Waals surface area contributed by atoms with Crippen LogP contribution in [0.25, 0.3) is 0 Å². The van der Waals surface area contributed by atoms with Gasteiger partial charge in [-0.2, -0.15) is 0 Å². The van der Waals surface area contributed by atoms with E-state index in [1.807, 2.05) is 0 Å². The lowest BCUT2D eigenvalue weighted by molar-refractivity contribution is 0.199. The molecule has 0 fully saturated rings. The van der Waals surface area contributed by atoms with Gasteiger partial charge in [0.2, 0.25) is 0 Å². The maximum absolute atomic E-state index is 9.29. The van der Waals surface area contributed by atoms with Gasteiger partial charge >= 0.3 is 0 Å². The van der Waals surface area contributed by atoms with Gasteiger partial charge in [-0.1, -0.05) is 23.2 Å². The summed E-state index contributed by atoms with van der Waals surface area (Å²) >= 11 is 14.9. The van der Waals surface area contributed by atoms with Gasteiger partial charge in [0.25, 0.3) is 0 Å². The molecule has 66 valence electrons. The summed E-state index contributed by atoms with van der Waals surface area (Å²) in [6.07, 6.45) is -0.604. The second kappa shape index (κ2) is 3.97. The second-order valence-electron chi connectivity index (χ2n) is 2.47. The van der Waals surface area contributed by atoms with Crippen LogP contribution in [0.2, 0.25) is 10.0 Å². The fourth-order valence-electron chi connectivity index (χ4n) is 0.880. The van der Waals surface area contributed by atoms with Gasteiger partial charge in [-0.15, -0.1) is 0 Å². The van der Waals surface area contributed by atoms with E-state index >= 15 is 0 Å². The van der Waals surface area contributed by atoms with Crippen LogP contribution in [0, 0.1) is 0 Å². The molecule has 1 N–H and O–H groups in total. The molecule has 4 heteroatoms. The molecule has 0 aliphatic heterocycles. The van der Waals surface area contributed by atoms with Crippen molar-refractivity contribution in [2.45, 2.75) is 13.0 Å². The number of rotatable bonds is 1. The minimum Gasteiger partial charge on any atom is -0.389 e. The summed E-state index contributed by atoms with van der Waals surface area (Å²) in [6, 6.07) is 3.34. The van der Waals surface area contributed by atoms with Gasteiger partial charge in [0, 0.05) is 15.1 Å². The molecule has 0 saturated heterocycles. The van der Waals surface area contributed by atoms with Gasteiger partial charge in [0.05, 0.1) is 11.1 Å². The average Bonchev–Trinajstić information content (AvgIpc) is 1.96. The van der Waals surface area contributed by atoms with E-state index in [-0.39, 0.29) is 0 Å². The summed E-state index contributed by atoms with van der Waals surface area (Å²) in [5.41, 5.74) is 0.635. The minimum atomic E-state index is -0.604. The highest BCUT2D eigenvalue weighted by molar-refractivity contribution is 9.10. The van der Waals surface area contributed by atoms with Crippen molar-refractivity contribution in [2.24, 2.45) is 0 Å². The first-order chi connectivity index (χ1) is 5.52. The first-order valence-electron chi connectivity index (χ1n) is 3.35. The van der Waals surface area contributed by atoms with Gasteiger partial charge < -0.3 is 5.11 Å². The van der Waals surface area contributed by atoms with Crippen molar-refractivity contribution in [3.63, 3.8) is 0 Å². The fraction of sp³-hybridized carbons (Fsp3) is 0.250. The molecular formula is C8H7BrCl2O. The SMILES string of the molecule is CC(O)c1cc(Cl)cc(Br)c1Cl. The standard InChI is InChI=1S/C8H7BrCl2O/c1-4(12)6-2-5(10)3-7(9)8(6)11/h2-4,12H,1H3. The summed E-state index contributed by atoms with van der Waals surface area (Å²) in [7, 11) is 0. The van der Waals surface area contributed by atoms with E-state index in [2.05, 4.69) is 15.9 Å². The highest BCUT2D eigenvalue weighted by atomic mass is 79.9. The van der Waals surface area contributed by atoms with Crippen LogP contribution >= 0.6 is 39.1 Å². The Bertz CT molecular complexity index is 299. The van der Waals surface area contributed by atoms with Crippen LogP contribution in [0.5, 0.6) is 0 Å². The molecule has 0 bridgehead atoms. The number of halogens is 3. The Kier molecular flexibility index (Phi) is 3.41. The molecular weight excluding hydrogens is 263 g/mol. The largest absolute Gasteiger partial charge is 0.389 e. The van der Waals surface area contributed by atoms with Crippen LogP contribution in [0.3, 0.4) is 0 Å². The third-order valence-electron chi connectivity index (χ3n) is 1.47. The topological polar surface area (TPSA) is 20.2 Å². The highest BCUT2D eigenvalue weighted by Crippen LogP contribution is 2.33. The van der Waals surface area contributed by atoms with E-state index < -0.39 is 6.10 Å². The smallest absolute Gasteiger partial charge is 0.0777 e. The molecule has 0 saturated carbocycles. The maximum Gasteiger partial charge on any atom is 0.0777 e. The minimum absolute atomic E-state index is 0.509. The lowest BCUT2D eigenvalue weighted by Crippen LogP contribution is -1.92. The lowest BCUT2D eigenvalue weighted by Gasteiger charge is -2.08. The average molecular weight is 270 g/mol. The Labute approximate surface area is 89.4 Å². The van der Waals surface area contributed by atoms with Crippen molar-refractivity contribution < 1.29 is 5.11 Å². The molecule has 0 aromatic heterocycles. The van der Waals surface area contributed by atoms with Crippen LogP contribution in [-0.4, -0.2) is 5.11 Å². The zero-order valence-corrected chi connectivity index (χ0v) is 9.41. The predicted octanol–water partition coefficient (Wildman–Crippen LogP) is 3.81. The van der Waals surface area contributed by atoms with Crippen LogP contribution in [0.4, 0.5) is 0 Å². The predicted molar refractivity (Wildman–Crippen MR) is 54.8 cm³/mol. The lowest BCUT2D eigenvalue weighted by atomic mass is 10.1. The molecule has 0 aliphatic rings. The summed E-state index contributed by atoms with van der Waals surface area (Å²) in [5, 5.41) is 10.4. The van der Waals surface area contributed by atoms with Crippen LogP contribution in [0.1, 0.15) is 18.6 Å². The van der Waals surface area contributed by atoms with E-state index in [4.69, 9.17) is 23.2 Å². The fourth-order valence-corrected chi connectivity index (χ4v) is 1.98. The van der Waals surface area contributed by atoms with E-state index in [9.17, 15) is 5.11 Å². The van der Waals surface area contributed by atoms with Gasteiger partial charge in [-0.25, -0.2) is 0 Å². The van der Waals surface area contributed by atoms with E-state index in [1.54, 1.807) is 19.1 Å². The first-order valence-corrected chi connectivity index (χ1v) is 4.89. The Hall–Kier alpha value is 0.240. The Morgan fingerprint density at radius 2 is 2.00 bits per heavy atom. The molecule has 1 nitrogen and oxygen atoms in total. The quantitative estimate of drug-likeness (QED) is 0.769. The van der Waals surface area contributed by atoms with Crippen LogP contribution in [-0.2, 0) is 0 Å². The summed E-state index contributed by atoms with van der Waals surface area (Å²) in [6.45, 7) is 1.64. The molecule has 1 rings (SSSR count). The van der Waals surface area contributed by atoms with Crippen LogP contribution in [0.15, 0.2) is 16.6 Å². The van der Waals surface area contributed by atoms with Gasteiger partial charge in [-0.05, 0) is 35.0 Å². The van der Waals surface area contributed by atoms with Gasteiger partial charge in [0.1, 0.15) is 0 Å². The molecule has 0 radical (unpaired) electrons. The van der Waals surface area contributed by atoms with Crippen molar-refractivity contribution >= 4 is 39.1 Å². The number of aliphatic hydroxyl groups excluding tert-OH is 1. The number of benzene rings is 1. The number of aliphatic hydroxyl groups is 1. The molecule has 0 aliphatic carbocycles. The third kappa shape index (κ3) is 2.13. The third-order valence-corrected chi connectivity index (χ3v) is 2.96. The molecule has 0 heterocycles. The molecule has 0 spiro atoms. The summed E-state index contributed by atoms with van der Waals surface area (Å²) in [5.74, 6) is 0. The number of hydrogen-bond donors (Lipinski definition) is 1. The van der Waals surface area contributed by atoms with Crippen molar-refractivity contribution in [1.29, 1.82) is 0 Å². The zero-order chi connectivity index (χ0) is 9.30. The zero-order valence-electron chi connectivity index (χ0n) is 6.31. The van der Waals surface area contributed by atoms with E-state index in [0.717, 1.165) is 0 Å². The molecule has 1 atom stereocenters. The molecule has 1 aromatic carbocycles. The molecule has 12 heavy (non-hydrogen) atoms. The molecule has 0 amide bonds. The van der Waals surface area contributed by atoms with Gasteiger partial charge in [-0.3, -0.25) is 0 Å². The van der Waals surface area contributed by atoms with E-state index in [0.29, 0.717) is 20.1 Å². The van der Waals surface area contributed by atoms with E-state index in [1.165, 1.54) is 0 Å². The first kappa shape index (κ1) is 10.3.